The summed E-state index contributed by atoms with van der Waals surface area (Å²) in [7, 11) is 3.66. The van der Waals surface area contributed by atoms with Gasteiger partial charge in [0.1, 0.15) is 29.5 Å². The highest BCUT2D eigenvalue weighted by atomic mass is 19.1. The van der Waals surface area contributed by atoms with Crippen molar-refractivity contribution in [2.45, 2.75) is 37.9 Å². The number of nitrogens with one attached hydrogen (secondary N) is 1. The molecule has 0 radical (unpaired) electrons. The van der Waals surface area contributed by atoms with Crippen molar-refractivity contribution in [1.29, 1.82) is 0 Å². The van der Waals surface area contributed by atoms with E-state index in [-0.39, 0.29) is 18.0 Å². The van der Waals surface area contributed by atoms with Crippen LogP contribution in [-0.2, 0) is 11.8 Å². The van der Waals surface area contributed by atoms with Gasteiger partial charge in [0.15, 0.2) is 5.82 Å². The lowest BCUT2D eigenvalue weighted by Crippen LogP contribution is -2.29. The van der Waals surface area contributed by atoms with Gasteiger partial charge in [0, 0.05) is 32.8 Å². The molecule has 7 heteroatoms. The van der Waals surface area contributed by atoms with Crippen LogP contribution in [0.2, 0.25) is 0 Å². The SMILES string of the molecule is COC1CCCC(Oc2cc(F)ccc2Nc2ncnc3ccn(C)c23)C1. The summed E-state index contributed by atoms with van der Waals surface area (Å²) < 4.78 is 27.5. The summed E-state index contributed by atoms with van der Waals surface area (Å²) in [6.07, 6.45) is 7.46. The van der Waals surface area contributed by atoms with E-state index in [0.717, 1.165) is 36.7 Å². The van der Waals surface area contributed by atoms with Crippen molar-refractivity contribution in [1.82, 2.24) is 14.5 Å². The van der Waals surface area contributed by atoms with Crippen molar-refractivity contribution < 1.29 is 13.9 Å². The molecule has 0 bridgehead atoms. The number of halogens is 1. The van der Waals surface area contributed by atoms with E-state index in [4.69, 9.17) is 9.47 Å². The van der Waals surface area contributed by atoms with Gasteiger partial charge in [0.05, 0.1) is 17.3 Å². The molecule has 2 unspecified atom stereocenters. The van der Waals surface area contributed by atoms with E-state index < -0.39 is 0 Å². The van der Waals surface area contributed by atoms with Crippen molar-refractivity contribution in [3.8, 4) is 5.75 Å². The minimum atomic E-state index is -0.332. The Morgan fingerprint density at radius 2 is 2.04 bits per heavy atom. The molecule has 1 saturated carbocycles. The molecule has 0 spiro atoms. The van der Waals surface area contributed by atoms with E-state index in [0.29, 0.717) is 17.3 Å². The average molecular weight is 370 g/mol. The first-order valence-electron chi connectivity index (χ1n) is 9.16. The van der Waals surface area contributed by atoms with Gasteiger partial charge in [0.2, 0.25) is 0 Å². The molecule has 4 rings (SSSR count). The minimum Gasteiger partial charge on any atom is -0.488 e. The minimum absolute atomic E-state index is 0.00602. The summed E-state index contributed by atoms with van der Waals surface area (Å²) in [5.74, 6) is 0.807. The number of rotatable bonds is 5. The first-order chi connectivity index (χ1) is 13.1. The zero-order chi connectivity index (χ0) is 18.8. The van der Waals surface area contributed by atoms with E-state index in [9.17, 15) is 4.39 Å². The highest BCUT2D eigenvalue weighted by Crippen LogP contribution is 2.33. The Morgan fingerprint density at radius 3 is 2.89 bits per heavy atom. The summed E-state index contributed by atoms with van der Waals surface area (Å²) in [5.41, 5.74) is 2.40. The molecule has 3 aromatic rings. The summed E-state index contributed by atoms with van der Waals surface area (Å²) in [6.45, 7) is 0. The van der Waals surface area contributed by atoms with Crippen LogP contribution < -0.4 is 10.1 Å². The van der Waals surface area contributed by atoms with Crippen LogP contribution in [0.15, 0.2) is 36.8 Å². The Morgan fingerprint density at radius 1 is 1.19 bits per heavy atom. The zero-order valence-electron chi connectivity index (χ0n) is 15.5. The molecule has 142 valence electrons. The Balaban J connectivity index is 1.62. The molecule has 2 atom stereocenters. The molecular formula is C20H23FN4O2. The third kappa shape index (κ3) is 3.73. The van der Waals surface area contributed by atoms with Crippen LogP contribution in [0.4, 0.5) is 15.9 Å². The third-order valence-electron chi connectivity index (χ3n) is 5.06. The van der Waals surface area contributed by atoms with Crippen LogP contribution in [0.5, 0.6) is 5.75 Å². The number of methoxy groups -OCH3 is 1. The van der Waals surface area contributed by atoms with E-state index >= 15 is 0 Å². The van der Waals surface area contributed by atoms with Crippen LogP contribution in [0.1, 0.15) is 25.7 Å². The molecule has 1 fully saturated rings. The van der Waals surface area contributed by atoms with Crippen LogP contribution in [0, 0.1) is 5.82 Å². The first-order valence-corrected chi connectivity index (χ1v) is 9.16. The van der Waals surface area contributed by atoms with Gasteiger partial charge in [-0.25, -0.2) is 14.4 Å². The van der Waals surface area contributed by atoms with Crippen molar-refractivity contribution in [2.24, 2.45) is 7.05 Å². The summed E-state index contributed by atoms with van der Waals surface area (Å²) in [5, 5.41) is 3.29. The fourth-order valence-corrected chi connectivity index (χ4v) is 3.64. The van der Waals surface area contributed by atoms with Crippen LogP contribution in [0.3, 0.4) is 0 Å². The number of fused-ring (bicyclic) bond motifs is 1. The Bertz CT molecular complexity index is 943. The highest BCUT2D eigenvalue weighted by molar-refractivity contribution is 5.88. The van der Waals surface area contributed by atoms with Crippen molar-refractivity contribution in [3.05, 3.63) is 42.6 Å². The van der Waals surface area contributed by atoms with E-state index in [2.05, 4.69) is 15.3 Å². The average Bonchev–Trinajstić information content (AvgIpc) is 3.06. The number of nitrogens with zero attached hydrogens (tertiary/aromatic N) is 3. The lowest BCUT2D eigenvalue weighted by atomic mass is 9.95. The van der Waals surface area contributed by atoms with Gasteiger partial charge in [-0.05, 0) is 37.5 Å². The Kier molecular flexibility index (Phi) is 4.94. The Labute approximate surface area is 157 Å². The largest absolute Gasteiger partial charge is 0.488 e. The van der Waals surface area contributed by atoms with Gasteiger partial charge >= 0.3 is 0 Å². The second kappa shape index (κ2) is 7.52. The number of aromatic nitrogens is 3. The second-order valence-electron chi connectivity index (χ2n) is 6.91. The summed E-state index contributed by atoms with van der Waals surface area (Å²) >= 11 is 0. The van der Waals surface area contributed by atoms with Crippen LogP contribution in [-0.4, -0.2) is 33.9 Å². The lowest BCUT2D eigenvalue weighted by Gasteiger charge is -2.29. The van der Waals surface area contributed by atoms with Crippen molar-refractivity contribution in [3.63, 3.8) is 0 Å². The van der Waals surface area contributed by atoms with Gasteiger partial charge in [-0.2, -0.15) is 0 Å². The first kappa shape index (κ1) is 17.7. The van der Waals surface area contributed by atoms with E-state index in [1.807, 2.05) is 23.9 Å². The van der Waals surface area contributed by atoms with Crippen LogP contribution >= 0.6 is 0 Å². The summed E-state index contributed by atoms with van der Waals surface area (Å²) in [6, 6.07) is 6.44. The number of aryl methyl sites for hydroxylation is 1. The number of hydrogen-bond acceptors (Lipinski definition) is 5. The molecule has 1 aliphatic rings. The van der Waals surface area contributed by atoms with Gasteiger partial charge in [-0.15, -0.1) is 0 Å². The van der Waals surface area contributed by atoms with Crippen molar-refractivity contribution >= 4 is 22.5 Å². The number of benzene rings is 1. The molecule has 1 aromatic carbocycles. The van der Waals surface area contributed by atoms with E-state index in [1.54, 1.807) is 13.2 Å². The number of ether oxygens (including phenoxy) is 2. The van der Waals surface area contributed by atoms with Gasteiger partial charge in [0.25, 0.3) is 0 Å². The Hall–Kier alpha value is -2.67. The fraction of sp³-hybridized carbons (Fsp3) is 0.400. The topological polar surface area (TPSA) is 61.2 Å². The lowest BCUT2D eigenvalue weighted by molar-refractivity contribution is 0.0211. The normalized spacial score (nSPS) is 20.0. The monoisotopic (exact) mass is 370 g/mol. The maximum Gasteiger partial charge on any atom is 0.158 e. The molecule has 2 heterocycles. The molecule has 0 aliphatic heterocycles. The van der Waals surface area contributed by atoms with Crippen LogP contribution in [0.25, 0.3) is 11.0 Å². The molecule has 2 aromatic heterocycles. The smallest absolute Gasteiger partial charge is 0.158 e. The molecule has 0 amide bonds. The van der Waals surface area contributed by atoms with Gasteiger partial charge in [-0.3, -0.25) is 0 Å². The maximum atomic E-state index is 13.9. The summed E-state index contributed by atoms with van der Waals surface area (Å²) in [4.78, 5) is 8.63. The fourth-order valence-electron chi connectivity index (χ4n) is 3.64. The quantitative estimate of drug-likeness (QED) is 0.730. The van der Waals surface area contributed by atoms with E-state index in [1.165, 1.54) is 18.5 Å². The molecular weight excluding hydrogens is 347 g/mol. The zero-order valence-corrected chi connectivity index (χ0v) is 15.5. The molecule has 1 aliphatic carbocycles. The van der Waals surface area contributed by atoms with Gasteiger partial charge in [-0.1, -0.05) is 0 Å². The molecule has 0 saturated heterocycles. The third-order valence-corrected chi connectivity index (χ3v) is 5.06. The molecule has 6 nitrogen and oxygen atoms in total. The predicted octanol–water partition coefficient (Wildman–Crippen LogP) is 4.19. The molecule has 27 heavy (non-hydrogen) atoms. The number of anilines is 2. The second-order valence-corrected chi connectivity index (χ2v) is 6.91. The van der Waals surface area contributed by atoms with Crippen molar-refractivity contribution in [2.75, 3.05) is 12.4 Å². The highest BCUT2D eigenvalue weighted by Gasteiger charge is 2.24. The number of hydrogen-bond donors (Lipinski definition) is 1. The maximum absolute atomic E-state index is 13.9. The van der Waals surface area contributed by atoms with Gasteiger partial charge < -0.3 is 19.4 Å². The molecule has 1 N–H and O–H groups in total. The predicted molar refractivity (Wildman–Crippen MR) is 102 cm³/mol. The standard InChI is InChI=1S/C20H23FN4O2/c1-25-9-8-17-19(25)20(23-12-22-17)24-16-7-6-13(21)10-18(16)27-15-5-3-4-14(11-15)26-2/h6-10,12,14-15H,3-5,11H2,1-2H3,(H,22,23,24).